The summed E-state index contributed by atoms with van der Waals surface area (Å²) in [6.45, 7) is 3.30. The molecule has 92 valence electrons. The van der Waals surface area contributed by atoms with Gasteiger partial charge in [0.25, 0.3) is 0 Å². The molecule has 0 aliphatic heterocycles. The fourth-order valence-electron chi connectivity index (χ4n) is 1.59. The van der Waals surface area contributed by atoms with E-state index in [0.29, 0.717) is 6.54 Å². The predicted octanol–water partition coefficient (Wildman–Crippen LogP) is 2.75. The van der Waals surface area contributed by atoms with Crippen molar-refractivity contribution in [1.29, 1.82) is 5.26 Å². The molecular formula is C13H12FN3S. The maximum absolute atomic E-state index is 13.1. The molecule has 0 spiro atoms. The third-order valence-corrected chi connectivity index (χ3v) is 3.36. The molecule has 1 aromatic carbocycles. The number of aryl methyl sites for hydroxylation is 1. The van der Waals surface area contributed by atoms with Crippen LogP contribution >= 0.6 is 11.3 Å². The van der Waals surface area contributed by atoms with Crippen LogP contribution in [0, 0.1) is 24.1 Å². The summed E-state index contributed by atoms with van der Waals surface area (Å²) in [6.07, 6.45) is 1.85. The van der Waals surface area contributed by atoms with Gasteiger partial charge in [0.05, 0.1) is 10.6 Å². The van der Waals surface area contributed by atoms with Gasteiger partial charge in [0.15, 0.2) is 0 Å². The maximum Gasteiger partial charge on any atom is 0.140 e. The van der Waals surface area contributed by atoms with Crippen LogP contribution in [-0.2, 0) is 13.1 Å². The van der Waals surface area contributed by atoms with Crippen LogP contribution in [0.4, 0.5) is 4.39 Å². The van der Waals surface area contributed by atoms with Gasteiger partial charge < -0.3 is 5.32 Å². The van der Waals surface area contributed by atoms with E-state index in [1.54, 1.807) is 23.5 Å². The number of hydrogen-bond acceptors (Lipinski definition) is 4. The van der Waals surface area contributed by atoms with Crippen molar-refractivity contribution in [2.24, 2.45) is 0 Å². The predicted molar refractivity (Wildman–Crippen MR) is 68.5 cm³/mol. The van der Waals surface area contributed by atoms with Crippen molar-refractivity contribution in [3.63, 3.8) is 0 Å². The quantitative estimate of drug-likeness (QED) is 0.920. The van der Waals surface area contributed by atoms with Crippen LogP contribution in [0.25, 0.3) is 0 Å². The number of rotatable bonds is 4. The minimum absolute atomic E-state index is 0.0861. The van der Waals surface area contributed by atoms with Gasteiger partial charge in [-0.2, -0.15) is 5.26 Å². The molecule has 0 radical (unpaired) electrons. The van der Waals surface area contributed by atoms with Gasteiger partial charge in [0, 0.05) is 24.2 Å². The Morgan fingerprint density at radius 1 is 1.44 bits per heavy atom. The van der Waals surface area contributed by atoms with Crippen LogP contribution in [-0.4, -0.2) is 4.98 Å². The van der Waals surface area contributed by atoms with Crippen LogP contribution in [0.2, 0.25) is 0 Å². The number of hydrogen-bond donors (Lipinski definition) is 1. The lowest BCUT2D eigenvalue weighted by Gasteiger charge is -2.04. The Labute approximate surface area is 109 Å². The van der Waals surface area contributed by atoms with Gasteiger partial charge in [-0.25, -0.2) is 9.37 Å². The smallest absolute Gasteiger partial charge is 0.140 e. The first-order chi connectivity index (χ1) is 8.69. The van der Waals surface area contributed by atoms with E-state index in [1.807, 2.05) is 19.2 Å². The largest absolute Gasteiger partial charge is 0.308 e. The van der Waals surface area contributed by atoms with Gasteiger partial charge in [0.2, 0.25) is 0 Å². The summed E-state index contributed by atoms with van der Waals surface area (Å²) in [7, 11) is 0. The summed E-state index contributed by atoms with van der Waals surface area (Å²) in [6, 6.07) is 6.41. The number of nitriles is 1. The van der Waals surface area contributed by atoms with E-state index in [-0.39, 0.29) is 5.56 Å². The fraction of sp³-hybridized carbons (Fsp3) is 0.231. The average Bonchev–Trinajstić information content (AvgIpc) is 2.77. The van der Waals surface area contributed by atoms with Gasteiger partial charge >= 0.3 is 0 Å². The highest BCUT2D eigenvalue weighted by Crippen LogP contribution is 2.12. The zero-order chi connectivity index (χ0) is 13.0. The van der Waals surface area contributed by atoms with Crippen LogP contribution in [0.15, 0.2) is 24.4 Å². The summed E-state index contributed by atoms with van der Waals surface area (Å²) in [5.41, 5.74) is 0.983. The summed E-state index contributed by atoms with van der Waals surface area (Å²) < 4.78 is 13.1. The Balaban J connectivity index is 1.93. The molecule has 5 heteroatoms. The van der Waals surface area contributed by atoms with Crippen molar-refractivity contribution in [1.82, 2.24) is 10.3 Å². The van der Waals surface area contributed by atoms with Crippen molar-refractivity contribution in [2.45, 2.75) is 20.0 Å². The highest BCUT2D eigenvalue weighted by atomic mass is 32.1. The van der Waals surface area contributed by atoms with Crippen LogP contribution in [0.5, 0.6) is 0 Å². The first-order valence-corrected chi connectivity index (χ1v) is 6.31. The molecule has 0 aliphatic rings. The molecule has 0 saturated heterocycles. The molecule has 3 nitrogen and oxygen atoms in total. The molecule has 0 saturated carbocycles. The normalized spacial score (nSPS) is 10.3. The van der Waals surface area contributed by atoms with E-state index in [2.05, 4.69) is 10.3 Å². The second-order valence-electron chi connectivity index (χ2n) is 3.88. The number of nitrogens with one attached hydrogen (secondary N) is 1. The molecule has 2 aromatic rings. The van der Waals surface area contributed by atoms with Crippen molar-refractivity contribution < 1.29 is 4.39 Å². The third kappa shape index (κ3) is 3.13. The van der Waals surface area contributed by atoms with Gasteiger partial charge in [-0.1, -0.05) is 6.07 Å². The summed E-state index contributed by atoms with van der Waals surface area (Å²) in [5, 5.41) is 13.0. The molecule has 0 atom stereocenters. The SMILES string of the molecule is Cc1ncc(CNCc2ccc(F)c(C#N)c2)s1. The molecule has 2 rings (SSSR count). The molecule has 1 aromatic heterocycles. The maximum atomic E-state index is 13.1. The highest BCUT2D eigenvalue weighted by Gasteiger charge is 2.03. The summed E-state index contributed by atoms with van der Waals surface area (Å²) in [5.74, 6) is -0.473. The second-order valence-corrected chi connectivity index (χ2v) is 5.19. The first kappa shape index (κ1) is 12.7. The number of nitrogens with zero attached hydrogens (tertiary/aromatic N) is 2. The molecule has 0 bridgehead atoms. The van der Waals surface area contributed by atoms with E-state index in [4.69, 9.17) is 5.26 Å². The van der Waals surface area contributed by atoms with Crippen LogP contribution < -0.4 is 5.32 Å². The van der Waals surface area contributed by atoms with Gasteiger partial charge in [0.1, 0.15) is 11.9 Å². The Hall–Kier alpha value is -1.77. The minimum Gasteiger partial charge on any atom is -0.308 e. The lowest BCUT2D eigenvalue weighted by atomic mass is 10.1. The standard InChI is InChI=1S/C13H12FN3S/c1-9-17-8-12(18-9)7-16-6-10-2-3-13(14)11(4-10)5-15/h2-4,8,16H,6-7H2,1H3. The molecule has 1 N–H and O–H groups in total. The zero-order valence-corrected chi connectivity index (χ0v) is 10.7. The van der Waals surface area contributed by atoms with Gasteiger partial charge in [-0.05, 0) is 24.6 Å². The lowest BCUT2D eigenvalue weighted by molar-refractivity contribution is 0.621. The lowest BCUT2D eigenvalue weighted by Crippen LogP contribution is -2.12. The van der Waals surface area contributed by atoms with Crippen molar-refractivity contribution >= 4 is 11.3 Å². The Morgan fingerprint density at radius 3 is 2.94 bits per heavy atom. The van der Waals surface area contributed by atoms with E-state index >= 15 is 0 Å². The minimum atomic E-state index is -0.473. The molecule has 18 heavy (non-hydrogen) atoms. The Bertz CT molecular complexity index is 586. The van der Waals surface area contributed by atoms with E-state index in [1.165, 1.54) is 6.07 Å². The van der Waals surface area contributed by atoms with E-state index in [9.17, 15) is 4.39 Å². The van der Waals surface area contributed by atoms with E-state index < -0.39 is 5.82 Å². The highest BCUT2D eigenvalue weighted by molar-refractivity contribution is 7.11. The average molecular weight is 261 g/mol. The summed E-state index contributed by atoms with van der Waals surface area (Å²) >= 11 is 1.65. The van der Waals surface area contributed by atoms with Gasteiger partial charge in [-0.3, -0.25) is 0 Å². The molecule has 0 unspecified atom stereocenters. The topological polar surface area (TPSA) is 48.7 Å². The first-order valence-electron chi connectivity index (χ1n) is 5.49. The molecule has 0 aliphatic carbocycles. The second kappa shape index (κ2) is 5.71. The van der Waals surface area contributed by atoms with Gasteiger partial charge in [-0.15, -0.1) is 11.3 Å². The molecular weight excluding hydrogens is 249 g/mol. The van der Waals surface area contributed by atoms with Crippen LogP contribution in [0.1, 0.15) is 21.0 Å². The number of halogens is 1. The number of aromatic nitrogens is 1. The monoisotopic (exact) mass is 261 g/mol. The Kier molecular flexibility index (Phi) is 4.03. The van der Waals surface area contributed by atoms with Crippen molar-refractivity contribution in [3.05, 3.63) is 51.2 Å². The molecule has 0 amide bonds. The summed E-state index contributed by atoms with van der Waals surface area (Å²) in [4.78, 5) is 5.33. The van der Waals surface area contributed by atoms with E-state index in [0.717, 1.165) is 22.0 Å². The van der Waals surface area contributed by atoms with Crippen molar-refractivity contribution in [3.8, 4) is 6.07 Å². The molecule has 0 fully saturated rings. The zero-order valence-electron chi connectivity index (χ0n) is 9.90. The number of thiazole rings is 1. The van der Waals surface area contributed by atoms with Crippen LogP contribution in [0.3, 0.4) is 0 Å². The molecule has 1 heterocycles. The number of benzene rings is 1. The fourth-order valence-corrected chi connectivity index (χ4v) is 2.35. The van der Waals surface area contributed by atoms with Crippen molar-refractivity contribution in [2.75, 3.05) is 0 Å². The third-order valence-electron chi connectivity index (χ3n) is 2.45. The Morgan fingerprint density at radius 2 is 2.28 bits per heavy atom.